The van der Waals surface area contributed by atoms with Crippen LogP contribution in [-0.4, -0.2) is 6.04 Å². The van der Waals surface area contributed by atoms with Gasteiger partial charge in [-0.2, -0.15) is 0 Å². The Hall–Kier alpha value is -1.03. The molecule has 2 rings (SSSR count). The average molecular weight is 257 g/mol. The lowest BCUT2D eigenvalue weighted by molar-refractivity contribution is 0.434. The molecule has 0 heterocycles. The van der Waals surface area contributed by atoms with Gasteiger partial charge in [-0.25, -0.2) is 13.2 Å². The molecule has 0 aliphatic heterocycles. The topological polar surface area (TPSA) is 12.0 Å². The van der Waals surface area contributed by atoms with Crippen LogP contribution in [0, 0.1) is 23.4 Å². The van der Waals surface area contributed by atoms with E-state index in [2.05, 4.69) is 12.2 Å². The predicted octanol–water partition coefficient (Wildman–Crippen LogP) is 3.77. The summed E-state index contributed by atoms with van der Waals surface area (Å²) in [5.74, 6) is -2.04. The Labute approximate surface area is 105 Å². The smallest absolute Gasteiger partial charge is 0.161 e. The molecule has 0 aromatic heterocycles. The van der Waals surface area contributed by atoms with E-state index in [4.69, 9.17) is 0 Å². The number of rotatable bonds is 6. The van der Waals surface area contributed by atoms with Crippen LogP contribution in [0.2, 0.25) is 0 Å². The minimum absolute atomic E-state index is 0.183. The zero-order chi connectivity index (χ0) is 13.1. The van der Waals surface area contributed by atoms with Gasteiger partial charge in [-0.05, 0) is 24.8 Å². The Morgan fingerprint density at radius 3 is 2.44 bits per heavy atom. The molecule has 1 saturated carbocycles. The highest BCUT2D eigenvalue weighted by Crippen LogP contribution is 2.34. The molecule has 1 aliphatic rings. The Morgan fingerprint density at radius 2 is 1.83 bits per heavy atom. The van der Waals surface area contributed by atoms with Gasteiger partial charge in [-0.1, -0.05) is 19.8 Å². The molecule has 0 bridgehead atoms. The summed E-state index contributed by atoms with van der Waals surface area (Å²) in [5.41, 5.74) is 0.183. The average Bonchev–Trinajstić information content (AvgIpc) is 3.14. The maximum atomic E-state index is 13.4. The van der Waals surface area contributed by atoms with Crippen molar-refractivity contribution in [1.29, 1.82) is 0 Å². The first-order valence-corrected chi connectivity index (χ1v) is 6.47. The highest BCUT2D eigenvalue weighted by atomic mass is 19.2. The summed E-state index contributed by atoms with van der Waals surface area (Å²) >= 11 is 0. The van der Waals surface area contributed by atoms with Crippen molar-refractivity contribution in [2.75, 3.05) is 0 Å². The number of benzene rings is 1. The van der Waals surface area contributed by atoms with Crippen LogP contribution in [0.1, 0.15) is 38.2 Å². The minimum Gasteiger partial charge on any atom is -0.310 e. The normalized spacial score (nSPS) is 16.9. The fourth-order valence-corrected chi connectivity index (χ4v) is 2.10. The van der Waals surface area contributed by atoms with Gasteiger partial charge in [0.15, 0.2) is 11.6 Å². The monoisotopic (exact) mass is 257 g/mol. The standard InChI is InChI=1S/C14H18F3N/c1-2-11(5-9-3-4-9)18-8-10-6-13(16)14(17)7-12(10)15/h6-7,9,11,18H,2-5,8H2,1H3. The van der Waals surface area contributed by atoms with Crippen LogP contribution >= 0.6 is 0 Å². The molecule has 1 atom stereocenters. The molecular formula is C14H18F3N. The Kier molecular flexibility index (Phi) is 4.27. The largest absolute Gasteiger partial charge is 0.310 e. The van der Waals surface area contributed by atoms with Crippen molar-refractivity contribution >= 4 is 0 Å². The third-order valence-electron chi connectivity index (χ3n) is 3.48. The molecule has 1 aliphatic carbocycles. The van der Waals surface area contributed by atoms with Crippen LogP contribution in [0.15, 0.2) is 12.1 Å². The third kappa shape index (κ3) is 3.48. The zero-order valence-electron chi connectivity index (χ0n) is 10.5. The number of halogens is 3. The molecule has 0 saturated heterocycles. The quantitative estimate of drug-likeness (QED) is 0.765. The minimum atomic E-state index is -1.14. The van der Waals surface area contributed by atoms with Crippen LogP contribution in [0.4, 0.5) is 13.2 Å². The van der Waals surface area contributed by atoms with E-state index >= 15 is 0 Å². The first-order valence-electron chi connectivity index (χ1n) is 6.47. The highest BCUT2D eigenvalue weighted by molar-refractivity contribution is 5.20. The highest BCUT2D eigenvalue weighted by Gasteiger charge is 2.24. The van der Waals surface area contributed by atoms with Crippen LogP contribution < -0.4 is 5.32 Å². The Morgan fingerprint density at radius 1 is 1.17 bits per heavy atom. The van der Waals surface area contributed by atoms with Crippen molar-refractivity contribution in [2.24, 2.45) is 5.92 Å². The molecule has 1 fully saturated rings. The van der Waals surface area contributed by atoms with Crippen LogP contribution in [0.25, 0.3) is 0 Å². The summed E-state index contributed by atoms with van der Waals surface area (Å²) in [4.78, 5) is 0. The van der Waals surface area contributed by atoms with E-state index < -0.39 is 17.5 Å². The molecule has 0 spiro atoms. The lowest BCUT2D eigenvalue weighted by Gasteiger charge is -2.17. The summed E-state index contributed by atoms with van der Waals surface area (Å²) < 4.78 is 39.2. The number of hydrogen-bond donors (Lipinski definition) is 1. The van der Waals surface area contributed by atoms with Gasteiger partial charge in [0.05, 0.1) is 0 Å². The zero-order valence-corrected chi connectivity index (χ0v) is 10.5. The van der Waals surface area contributed by atoms with Crippen LogP contribution in [-0.2, 0) is 6.54 Å². The molecule has 0 amide bonds. The third-order valence-corrected chi connectivity index (χ3v) is 3.48. The SMILES string of the molecule is CCC(CC1CC1)NCc1cc(F)c(F)cc1F. The van der Waals surface area contributed by atoms with Crippen LogP contribution in [0.5, 0.6) is 0 Å². The van der Waals surface area contributed by atoms with Crippen molar-refractivity contribution < 1.29 is 13.2 Å². The Balaban J connectivity index is 1.93. The van der Waals surface area contributed by atoms with E-state index in [0.29, 0.717) is 12.1 Å². The van der Waals surface area contributed by atoms with Gasteiger partial charge in [0.1, 0.15) is 5.82 Å². The fourth-order valence-electron chi connectivity index (χ4n) is 2.10. The van der Waals surface area contributed by atoms with Gasteiger partial charge in [0.2, 0.25) is 0 Å². The fraction of sp³-hybridized carbons (Fsp3) is 0.571. The lowest BCUT2D eigenvalue weighted by atomic mass is 10.1. The maximum Gasteiger partial charge on any atom is 0.161 e. The molecule has 1 aromatic rings. The summed E-state index contributed by atoms with van der Waals surface area (Å²) in [5, 5.41) is 3.22. The van der Waals surface area contributed by atoms with Gasteiger partial charge >= 0.3 is 0 Å². The van der Waals surface area contributed by atoms with Crippen molar-refractivity contribution in [1.82, 2.24) is 5.32 Å². The van der Waals surface area contributed by atoms with Crippen molar-refractivity contribution in [2.45, 2.75) is 45.2 Å². The van der Waals surface area contributed by atoms with E-state index in [-0.39, 0.29) is 12.1 Å². The first kappa shape index (κ1) is 13.4. The van der Waals surface area contributed by atoms with Gasteiger partial charge in [0.25, 0.3) is 0 Å². The molecule has 1 aromatic carbocycles. The number of hydrogen-bond acceptors (Lipinski definition) is 1. The summed E-state index contributed by atoms with van der Waals surface area (Å²) in [6, 6.07) is 1.86. The molecule has 1 unspecified atom stereocenters. The summed E-state index contributed by atoms with van der Waals surface area (Å²) in [7, 11) is 0. The van der Waals surface area contributed by atoms with Gasteiger partial charge < -0.3 is 5.32 Å². The molecule has 1 nitrogen and oxygen atoms in total. The second-order valence-electron chi connectivity index (χ2n) is 5.02. The maximum absolute atomic E-state index is 13.4. The van der Waals surface area contributed by atoms with E-state index in [1.54, 1.807) is 0 Å². The number of nitrogens with one attached hydrogen (secondary N) is 1. The van der Waals surface area contributed by atoms with Crippen molar-refractivity contribution in [3.63, 3.8) is 0 Å². The predicted molar refractivity (Wildman–Crippen MR) is 64.6 cm³/mol. The second-order valence-corrected chi connectivity index (χ2v) is 5.02. The summed E-state index contributed by atoms with van der Waals surface area (Å²) in [6.07, 6.45) is 4.60. The summed E-state index contributed by atoms with van der Waals surface area (Å²) in [6.45, 7) is 2.32. The van der Waals surface area contributed by atoms with Gasteiger partial charge in [-0.15, -0.1) is 0 Å². The van der Waals surface area contributed by atoms with Crippen molar-refractivity contribution in [3.05, 3.63) is 35.1 Å². The first-order chi connectivity index (χ1) is 8.60. The van der Waals surface area contributed by atoms with E-state index in [9.17, 15) is 13.2 Å². The molecule has 1 N–H and O–H groups in total. The van der Waals surface area contributed by atoms with Gasteiger partial charge in [-0.3, -0.25) is 0 Å². The van der Waals surface area contributed by atoms with E-state index in [1.807, 2.05) is 0 Å². The molecular weight excluding hydrogens is 239 g/mol. The lowest BCUT2D eigenvalue weighted by Crippen LogP contribution is -2.28. The van der Waals surface area contributed by atoms with Crippen molar-refractivity contribution in [3.8, 4) is 0 Å². The van der Waals surface area contributed by atoms with E-state index in [0.717, 1.165) is 24.8 Å². The molecule has 0 radical (unpaired) electrons. The molecule has 18 heavy (non-hydrogen) atoms. The Bertz CT molecular complexity index is 416. The molecule has 4 heteroatoms. The second kappa shape index (κ2) is 5.74. The van der Waals surface area contributed by atoms with E-state index in [1.165, 1.54) is 12.8 Å². The molecule has 100 valence electrons. The van der Waals surface area contributed by atoms with Gasteiger partial charge in [0, 0.05) is 24.2 Å². The van der Waals surface area contributed by atoms with Crippen LogP contribution in [0.3, 0.4) is 0 Å².